The standard InChI is InChI=1S/C18H21NO3S/c1-3-4-5-6-8-17(18-9-7-14-22-18)19-23(20,21)16-12-10-15(2)11-13-16/h7,9-14,17,19H,3-5H2,1-2H3/t17-/m1/s1. The van der Waals surface area contributed by atoms with E-state index in [9.17, 15) is 8.42 Å². The zero-order valence-electron chi connectivity index (χ0n) is 13.4. The van der Waals surface area contributed by atoms with E-state index in [2.05, 4.69) is 23.5 Å². The van der Waals surface area contributed by atoms with Gasteiger partial charge in [0, 0.05) is 6.42 Å². The van der Waals surface area contributed by atoms with E-state index in [0.717, 1.165) is 24.8 Å². The Morgan fingerprint density at radius 2 is 1.96 bits per heavy atom. The first kappa shape index (κ1) is 17.3. The second-order valence-electron chi connectivity index (χ2n) is 5.31. The van der Waals surface area contributed by atoms with Crippen molar-refractivity contribution in [3.63, 3.8) is 0 Å². The fourth-order valence-electron chi connectivity index (χ4n) is 1.99. The summed E-state index contributed by atoms with van der Waals surface area (Å²) in [6.07, 6.45) is 4.29. The molecule has 5 heteroatoms. The Hall–Kier alpha value is -2.03. The largest absolute Gasteiger partial charge is 0.467 e. The van der Waals surface area contributed by atoms with Crippen LogP contribution in [0.1, 0.15) is 43.6 Å². The number of rotatable bonds is 6. The van der Waals surface area contributed by atoms with E-state index in [1.54, 1.807) is 36.4 Å². The molecular weight excluding hydrogens is 310 g/mol. The van der Waals surface area contributed by atoms with Gasteiger partial charge >= 0.3 is 0 Å². The zero-order valence-corrected chi connectivity index (χ0v) is 14.2. The van der Waals surface area contributed by atoms with E-state index in [4.69, 9.17) is 4.42 Å². The minimum atomic E-state index is -3.66. The molecule has 0 fully saturated rings. The third kappa shape index (κ3) is 4.98. The van der Waals surface area contributed by atoms with Gasteiger partial charge in [-0.2, -0.15) is 4.72 Å². The van der Waals surface area contributed by atoms with Crippen molar-refractivity contribution < 1.29 is 12.8 Å². The molecule has 1 heterocycles. The lowest BCUT2D eigenvalue weighted by molar-refractivity contribution is 0.481. The van der Waals surface area contributed by atoms with Crippen molar-refractivity contribution in [1.82, 2.24) is 4.72 Å². The molecule has 1 atom stereocenters. The van der Waals surface area contributed by atoms with E-state index in [1.165, 1.54) is 6.26 Å². The number of unbranched alkanes of at least 4 members (excludes halogenated alkanes) is 2. The van der Waals surface area contributed by atoms with Gasteiger partial charge in [0.15, 0.2) is 0 Å². The van der Waals surface area contributed by atoms with Gasteiger partial charge in [-0.25, -0.2) is 8.42 Å². The van der Waals surface area contributed by atoms with Crippen molar-refractivity contribution >= 4 is 10.0 Å². The summed E-state index contributed by atoms with van der Waals surface area (Å²) in [6.45, 7) is 4.00. The molecule has 1 aromatic carbocycles. The van der Waals surface area contributed by atoms with Gasteiger partial charge in [-0.1, -0.05) is 37.0 Å². The number of hydrogen-bond acceptors (Lipinski definition) is 3. The molecule has 122 valence electrons. The minimum absolute atomic E-state index is 0.218. The van der Waals surface area contributed by atoms with Crippen molar-refractivity contribution in [2.45, 2.75) is 44.0 Å². The molecule has 2 aromatic rings. The summed E-state index contributed by atoms with van der Waals surface area (Å²) in [5.74, 6) is 6.47. The van der Waals surface area contributed by atoms with Crippen LogP contribution < -0.4 is 4.72 Å². The molecule has 0 aliphatic heterocycles. The lowest BCUT2D eigenvalue weighted by atomic mass is 10.2. The van der Waals surface area contributed by atoms with Crippen LogP contribution >= 0.6 is 0 Å². The molecule has 0 radical (unpaired) electrons. The summed E-state index contributed by atoms with van der Waals surface area (Å²) >= 11 is 0. The molecule has 4 nitrogen and oxygen atoms in total. The van der Waals surface area contributed by atoms with E-state index in [0.29, 0.717) is 5.76 Å². The molecule has 1 N–H and O–H groups in total. The van der Waals surface area contributed by atoms with Crippen LogP contribution in [0, 0.1) is 18.8 Å². The summed E-state index contributed by atoms with van der Waals surface area (Å²) in [4.78, 5) is 0.218. The SMILES string of the molecule is CCCCC#C[C@@H](NS(=O)(=O)c1ccc(C)cc1)c1ccco1. The van der Waals surface area contributed by atoms with Gasteiger partial charge < -0.3 is 4.42 Å². The molecule has 0 amide bonds. The molecular formula is C18H21NO3S. The topological polar surface area (TPSA) is 59.3 Å². The maximum Gasteiger partial charge on any atom is 0.242 e. The van der Waals surface area contributed by atoms with Gasteiger partial charge in [-0.05, 0) is 37.6 Å². The van der Waals surface area contributed by atoms with Gasteiger partial charge in [0.25, 0.3) is 0 Å². The van der Waals surface area contributed by atoms with E-state index >= 15 is 0 Å². The number of benzene rings is 1. The Kier molecular flexibility index (Phi) is 6.03. The van der Waals surface area contributed by atoms with Crippen LogP contribution in [0.2, 0.25) is 0 Å². The fraction of sp³-hybridized carbons (Fsp3) is 0.333. The highest BCUT2D eigenvalue weighted by atomic mass is 32.2. The highest BCUT2D eigenvalue weighted by Crippen LogP contribution is 2.18. The molecule has 0 saturated heterocycles. The predicted octanol–water partition coefficient (Wildman–Crippen LogP) is 3.80. The maximum atomic E-state index is 12.5. The highest BCUT2D eigenvalue weighted by Gasteiger charge is 2.21. The number of nitrogens with one attached hydrogen (secondary N) is 1. The third-order valence-electron chi connectivity index (χ3n) is 3.33. The second kappa shape index (κ2) is 8.00. The van der Waals surface area contributed by atoms with E-state index < -0.39 is 16.1 Å². The van der Waals surface area contributed by atoms with Gasteiger partial charge in [0.2, 0.25) is 10.0 Å². The summed E-state index contributed by atoms with van der Waals surface area (Å²) in [5.41, 5.74) is 1.01. The number of furan rings is 1. The first-order chi connectivity index (χ1) is 11.0. The molecule has 1 aromatic heterocycles. The van der Waals surface area contributed by atoms with Crippen LogP contribution in [0.4, 0.5) is 0 Å². The molecule has 0 bridgehead atoms. The molecule has 0 aliphatic rings. The summed E-state index contributed by atoms with van der Waals surface area (Å²) < 4.78 is 33.0. The Labute approximate surface area is 138 Å². The van der Waals surface area contributed by atoms with Crippen LogP contribution in [0.15, 0.2) is 52.0 Å². The van der Waals surface area contributed by atoms with Crippen molar-refractivity contribution in [3.8, 4) is 11.8 Å². The summed E-state index contributed by atoms with van der Waals surface area (Å²) in [5, 5.41) is 0. The lowest BCUT2D eigenvalue weighted by Gasteiger charge is -2.12. The molecule has 2 rings (SSSR count). The number of aryl methyl sites for hydroxylation is 1. The lowest BCUT2D eigenvalue weighted by Crippen LogP contribution is -2.27. The molecule has 23 heavy (non-hydrogen) atoms. The van der Waals surface area contributed by atoms with Gasteiger partial charge in [0.1, 0.15) is 11.8 Å². The van der Waals surface area contributed by atoms with Gasteiger partial charge in [-0.3, -0.25) is 0 Å². The van der Waals surface area contributed by atoms with Crippen LogP contribution in [-0.4, -0.2) is 8.42 Å². The van der Waals surface area contributed by atoms with Gasteiger partial charge in [0.05, 0.1) is 11.2 Å². The second-order valence-corrected chi connectivity index (χ2v) is 7.02. The molecule has 0 aliphatic carbocycles. The Balaban J connectivity index is 2.22. The smallest absolute Gasteiger partial charge is 0.242 e. The third-order valence-corrected chi connectivity index (χ3v) is 4.77. The molecule has 0 spiro atoms. The summed E-state index contributed by atoms with van der Waals surface area (Å²) in [7, 11) is -3.66. The number of sulfonamides is 1. The Morgan fingerprint density at radius 3 is 2.57 bits per heavy atom. The Morgan fingerprint density at radius 1 is 1.22 bits per heavy atom. The van der Waals surface area contributed by atoms with Crippen molar-refractivity contribution in [2.24, 2.45) is 0 Å². The normalized spacial score (nSPS) is 12.4. The van der Waals surface area contributed by atoms with Crippen molar-refractivity contribution in [3.05, 3.63) is 54.0 Å². The van der Waals surface area contributed by atoms with E-state index in [-0.39, 0.29) is 4.90 Å². The molecule has 0 unspecified atom stereocenters. The molecule has 0 saturated carbocycles. The van der Waals surface area contributed by atoms with Crippen LogP contribution in [0.3, 0.4) is 0 Å². The van der Waals surface area contributed by atoms with Crippen LogP contribution in [-0.2, 0) is 10.0 Å². The van der Waals surface area contributed by atoms with Crippen LogP contribution in [0.25, 0.3) is 0 Å². The minimum Gasteiger partial charge on any atom is -0.467 e. The average molecular weight is 331 g/mol. The zero-order chi connectivity index (χ0) is 16.7. The maximum absolute atomic E-state index is 12.5. The number of hydrogen-bond donors (Lipinski definition) is 1. The Bertz CT molecular complexity index is 766. The van der Waals surface area contributed by atoms with Crippen molar-refractivity contribution in [1.29, 1.82) is 0 Å². The quantitative estimate of drug-likeness (QED) is 0.647. The first-order valence-corrected chi connectivity index (χ1v) is 9.12. The summed E-state index contributed by atoms with van der Waals surface area (Å²) in [6, 6.07) is 9.45. The highest BCUT2D eigenvalue weighted by molar-refractivity contribution is 7.89. The van der Waals surface area contributed by atoms with Crippen molar-refractivity contribution in [2.75, 3.05) is 0 Å². The van der Waals surface area contributed by atoms with E-state index in [1.807, 2.05) is 6.92 Å². The average Bonchev–Trinajstić information content (AvgIpc) is 3.05. The van der Waals surface area contributed by atoms with Crippen LogP contribution in [0.5, 0.6) is 0 Å². The predicted molar refractivity (Wildman–Crippen MR) is 90.3 cm³/mol. The monoisotopic (exact) mass is 331 g/mol. The fourth-order valence-corrected chi connectivity index (χ4v) is 3.11. The van der Waals surface area contributed by atoms with Gasteiger partial charge in [-0.15, -0.1) is 5.92 Å². The first-order valence-electron chi connectivity index (χ1n) is 7.63.